The molecule has 1 spiro atoms. The Hall–Kier alpha value is -1.85. The number of likely N-dealkylation sites (tertiary alicyclic amines) is 1. The molecule has 24 heavy (non-hydrogen) atoms. The van der Waals surface area contributed by atoms with Crippen molar-refractivity contribution in [1.29, 1.82) is 0 Å². The van der Waals surface area contributed by atoms with Gasteiger partial charge in [0.25, 0.3) is 0 Å². The van der Waals surface area contributed by atoms with Crippen LogP contribution in [0, 0.1) is 0 Å². The summed E-state index contributed by atoms with van der Waals surface area (Å²) in [5.41, 5.74) is 0.256. The minimum atomic E-state index is -1.00. The van der Waals surface area contributed by atoms with Gasteiger partial charge in [-0.25, -0.2) is 0 Å². The highest BCUT2D eigenvalue weighted by Crippen LogP contribution is 2.64. The second kappa shape index (κ2) is 4.41. The molecule has 1 aromatic carbocycles. The van der Waals surface area contributed by atoms with Gasteiger partial charge in [-0.2, -0.15) is 0 Å². The van der Waals surface area contributed by atoms with Crippen molar-refractivity contribution in [3.8, 4) is 11.5 Å². The van der Waals surface area contributed by atoms with Gasteiger partial charge in [0.05, 0.1) is 11.0 Å². The molecule has 1 aromatic rings. The summed E-state index contributed by atoms with van der Waals surface area (Å²) in [5.74, 6) is 0.528. The third kappa shape index (κ3) is 1.38. The average molecular weight is 327 g/mol. The maximum absolute atomic E-state index is 12.6. The van der Waals surface area contributed by atoms with Gasteiger partial charge in [0.1, 0.15) is 0 Å². The Labute approximate surface area is 140 Å². The molecule has 126 valence electrons. The second-order valence-electron chi connectivity index (χ2n) is 7.56. The molecule has 1 unspecified atom stereocenters. The molecular formula is C19H21NO4. The minimum absolute atomic E-state index is 0.0408. The van der Waals surface area contributed by atoms with Crippen LogP contribution < -0.4 is 4.74 Å². The number of piperidine rings is 1. The first-order valence-corrected chi connectivity index (χ1v) is 8.65. The van der Waals surface area contributed by atoms with E-state index in [1.807, 2.05) is 12.1 Å². The Kier molecular flexibility index (Phi) is 2.66. The molecule has 5 rings (SSSR count). The van der Waals surface area contributed by atoms with Crippen molar-refractivity contribution < 1.29 is 19.7 Å². The molecule has 2 fully saturated rings. The number of hydrogen-bond acceptors (Lipinski definition) is 5. The van der Waals surface area contributed by atoms with Gasteiger partial charge in [-0.3, -0.25) is 9.69 Å². The molecule has 4 atom stereocenters. The first-order valence-electron chi connectivity index (χ1n) is 8.65. The van der Waals surface area contributed by atoms with Crippen molar-refractivity contribution in [1.82, 2.24) is 4.90 Å². The number of hydrogen-bond donors (Lipinski definition) is 2. The smallest absolute Gasteiger partial charge is 0.174 e. The Morgan fingerprint density at radius 3 is 3.04 bits per heavy atom. The number of rotatable bonds is 2. The molecule has 1 saturated heterocycles. The van der Waals surface area contributed by atoms with Crippen LogP contribution in [0.4, 0.5) is 0 Å². The van der Waals surface area contributed by atoms with Gasteiger partial charge >= 0.3 is 0 Å². The number of ketones is 1. The Morgan fingerprint density at radius 2 is 2.25 bits per heavy atom. The maximum atomic E-state index is 12.6. The molecule has 2 aliphatic carbocycles. The van der Waals surface area contributed by atoms with Crippen molar-refractivity contribution in [2.45, 2.75) is 48.8 Å². The lowest BCUT2D eigenvalue weighted by molar-refractivity contribution is -0.187. The van der Waals surface area contributed by atoms with Crippen LogP contribution in [0.2, 0.25) is 0 Å². The minimum Gasteiger partial charge on any atom is -0.504 e. The van der Waals surface area contributed by atoms with Gasteiger partial charge in [-0.05, 0) is 30.9 Å². The van der Waals surface area contributed by atoms with Gasteiger partial charge in [-0.1, -0.05) is 12.1 Å². The Morgan fingerprint density at radius 1 is 1.42 bits per heavy atom. The van der Waals surface area contributed by atoms with E-state index in [1.165, 1.54) is 0 Å². The maximum Gasteiger partial charge on any atom is 0.174 e. The van der Waals surface area contributed by atoms with E-state index < -0.39 is 17.1 Å². The lowest BCUT2D eigenvalue weighted by Gasteiger charge is -2.62. The molecule has 2 aliphatic heterocycles. The molecule has 5 heteroatoms. The van der Waals surface area contributed by atoms with Gasteiger partial charge < -0.3 is 14.9 Å². The normalized spacial score (nSPS) is 39.3. The number of aliphatic hydroxyl groups is 1. The standard InChI is InChI=1S/C19H21NO4/c1-2-8-20-9-7-18-15-11-3-4-12(21)16(15)24-17(18)13(22)5-6-19(18,23)14(20)10-11/h2-4,14,17,21,23H,1,5-10H2/t14?,17-,18-,19+/m0/s1. The summed E-state index contributed by atoms with van der Waals surface area (Å²) in [6.07, 6.45) is 3.35. The van der Waals surface area contributed by atoms with Crippen LogP contribution in [0.5, 0.6) is 11.5 Å². The molecule has 5 nitrogen and oxygen atoms in total. The predicted molar refractivity (Wildman–Crippen MR) is 87.3 cm³/mol. The van der Waals surface area contributed by atoms with Crippen LogP contribution in [0.25, 0.3) is 0 Å². The van der Waals surface area contributed by atoms with E-state index in [9.17, 15) is 15.0 Å². The number of ether oxygens (including phenoxy) is 1. The molecule has 0 aromatic heterocycles. The van der Waals surface area contributed by atoms with Crippen LogP contribution in [-0.4, -0.2) is 51.7 Å². The summed E-state index contributed by atoms with van der Waals surface area (Å²) < 4.78 is 5.98. The summed E-state index contributed by atoms with van der Waals surface area (Å²) in [6, 6.07) is 3.52. The number of phenols is 1. The Bertz CT molecular complexity index is 775. The van der Waals surface area contributed by atoms with E-state index >= 15 is 0 Å². The average Bonchev–Trinajstić information content (AvgIpc) is 2.91. The highest BCUT2D eigenvalue weighted by atomic mass is 16.5. The fourth-order valence-corrected chi connectivity index (χ4v) is 5.80. The second-order valence-corrected chi connectivity index (χ2v) is 7.56. The number of nitrogens with zero attached hydrogens (tertiary/aromatic N) is 1. The lowest BCUT2D eigenvalue weighted by Crippen LogP contribution is -2.76. The van der Waals surface area contributed by atoms with E-state index in [0.29, 0.717) is 31.4 Å². The molecule has 0 amide bonds. The van der Waals surface area contributed by atoms with Crippen LogP contribution in [0.1, 0.15) is 30.4 Å². The third-order valence-electron chi connectivity index (χ3n) is 6.73. The van der Waals surface area contributed by atoms with E-state index in [-0.39, 0.29) is 17.6 Å². The van der Waals surface area contributed by atoms with Gasteiger partial charge in [0, 0.05) is 31.1 Å². The fraction of sp³-hybridized carbons (Fsp3) is 0.526. The zero-order valence-corrected chi connectivity index (χ0v) is 13.5. The summed E-state index contributed by atoms with van der Waals surface area (Å²) >= 11 is 0. The van der Waals surface area contributed by atoms with Crippen molar-refractivity contribution in [3.63, 3.8) is 0 Å². The van der Waals surface area contributed by atoms with E-state index in [4.69, 9.17) is 4.74 Å². The van der Waals surface area contributed by atoms with E-state index in [0.717, 1.165) is 24.2 Å². The molecule has 4 aliphatic rings. The molecule has 0 radical (unpaired) electrons. The zero-order valence-electron chi connectivity index (χ0n) is 13.5. The molecule has 2 N–H and O–H groups in total. The van der Waals surface area contributed by atoms with Gasteiger partial charge in [0.15, 0.2) is 23.4 Å². The highest BCUT2D eigenvalue weighted by Gasteiger charge is 2.72. The topological polar surface area (TPSA) is 70.0 Å². The number of aromatic hydroxyl groups is 1. The monoisotopic (exact) mass is 327 g/mol. The quantitative estimate of drug-likeness (QED) is 0.802. The largest absolute Gasteiger partial charge is 0.504 e. The molecular weight excluding hydrogens is 306 g/mol. The van der Waals surface area contributed by atoms with Gasteiger partial charge in [-0.15, -0.1) is 6.58 Å². The van der Waals surface area contributed by atoms with Crippen LogP contribution in [0.15, 0.2) is 24.8 Å². The third-order valence-corrected chi connectivity index (χ3v) is 6.73. The zero-order chi connectivity index (χ0) is 16.7. The van der Waals surface area contributed by atoms with Crippen LogP contribution in [-0.2, 0) is 16.6 Å². The lowest BCUT2D eigenvalue weighted by atomic mass is 9.49. The molecule has 1 saturated carbocycles. The van der Waals surface area contributed by atoms with Gasteiger partial charge in [0.2, 0.25) is 0 Å². The first kappa shape index (κ1) is 14.5. The highest BCUT2D eigenvalue weighted by molar-refractivity contribution is 5.90. The number of carbonyl (C=O) groups is 1. The van der Waals surface area contributed by atoms with E-state index in [1.54, 1.807) is 6.07 Å². The summed E-state index contributed by atoms with van der Waals surface area (Å²) in [7, 11) is 0. The SMILES string of the molecule is C=CCN1CC[C@]23c4c5ccc(O)c4O[C@H]2C(=O)CC[C@@]3(O)C1C5. The summed E-state index contributed by atoms with van der Waals surface area (Å²) in [5, 5.41) is 22.1. The van der Waals surface area contributed by atoms with Crippen molar-refractivity contribution in [2.24, 2.45) is 0 Å². The number of phenolic OH excluding ortho intramolecular Hbond substituents is 1. The number of carbonyl (C=O) groups excluding carboxylic acids is 1. The van der Waals surface area contributed by atoms with Crippen molar-refractivity contribution in [2.75, 3.05) is 13.1 Å². The van der Waals surface area contributed by atoms with Crippen molar-refractivity contribution in [3.05, 3.63) is 35.9 Å². The first-order chi connectivity index (χ1) is 11.5. The van der Waals surface area contributed by atoms with Crippen LogP contribution >= 0.6 is 0 Å². The summed E-state index contributed by atoms with van der Waals surface area (Å²) in [4.78, 5) is 14.9. The molecule has 2 bridgehead atoms. The fourth-order valence-electron chi connectivity index (χ4n) is 5.80. The predicted octanol–water partition coefficient (Wildman–Crippen LogP) is 1.30. The van der Waals surface area contributed by atoms with Crippen LogP contribution in [0.3, 0.4) is 0 Å². The number of benzene rings is 1. The Balaban J connectivity index is 1.80. The number of Topliss-reactive ketones (excluding diaryl/α,β-unsaturated/α-hetero) is 1. The molecule has 2 heterocycles. The van der Waals surface area contributed by atoms with E-state index in [2.05, 4.69) is 11.5 Å². The van der Waals surface area contributed by atoms with Crippen molar-refractivity contribution >= 4 is 5.78 Å². The summed E-state index contributed by atoms with van der Waals surface area (Å²) in [6.45, 7) is 5.36.